The molecule has 0 amide bonds. The number of furan rings is 1. The predicted octanol–water partition coefficient (Wildman–Crippen LogP) is 4.87. The molecule has 1 aromatic carbocycles. The minimum Gasteiger partial charge on any atom is -0.463 e. The first-order valence-electron chi connectivity index (χ1n) is 7.14. The van der Waals surface area contributed by atoms with Gasteiger partial charge in [0.25, 0.3) is 12.0 Å². The number of halogens is 1. The zero-order valence-electron chi connectivity index (χ0n) is 12.8. The van der Waals surface area contributed by atoms with Gasteiger partial charge in [0, 0.05) is 34.5 Å². The summed E-state index contributed by atoms with van der Waals surface area (Å²) in [6, 6.07) is 10.9. The van der Waals surface area contributed by atoms with Crippen LogP contribution in [0.1, 0.15) is 10.6 Å². The molecule has 3 aromatic heterocycles. The van der Waals surface area contributed by atoms with Crippen LogP contribution in [0.3, 0.4) is 0 Å². The maximum Gasteiger partial charge on any atom is 0.376 e. The summed E-state index contributed by atoms with van der Waals surface area (Å²) in [5, 5.41) is 5.40. The molecule has 0 fully saturated rings. The third-order valence-corrected chi connectivity index (χ3v) is 4.42. The van der Waals surface area contributed by atoms with Crippen molar-refractivity contribution in [3.05, 3.63) is 54.2 Å². The van der Waals surface area contributed by atoms with E-state index in [0.29, 0.717) is 10.8 Å². The van der Waals surface area contributed by atoms with Crippen molar-refractivity contribution >= 4 is 27.4 Å². The Balaban J connectivity index is 1.63. The number of rotatable bonds is 4. The van der Waals surface area contributed by atoms with Crippen LogP contribution in [0.5, 0.6) is 11.0 Å². The van der Waals surface area contributed by atoms with Crippen LogP contribution in [0, 0.1) is 6.01 Å². The highest BCUT2D eigenvalue weighted by Crippen LogP contribution is 2.37. The standard InChI is InChI=1S/C17H10FNO5S/c1-21-17(20)12-8-11(19-24-12)9-2-3-10-7-16(25-13(10)6-9)23-15-5-4-14(18)22-15/h2-8H,1H3. The van der Waals surface area contributed by atoms with Crippen molar-refractivity contribution in [1.29, 1.82) is 0 Å². The SMILES string of the molecule is COC(=O)c1cc(-c2ccc3cc(Oc4ccc(F)o4)sc3c2)no1. The zero-order valence-corrected chi connectivity index (χ0v) is 13.6. The fourth-order valence-corrected chi connectivity index (χ4v) is 3.23. The molecular weight excluding hydrogens is 349 g/mol. The van der Waals surface area contributed by atoms with Crippen LogP contribution in [-0.4, -0.2) is 18.2 Å². The van der Waals surface area contributed by atoms with E-state index in [0.717, 1.165) is 15.6 Å². The second kappa shape index (κ2) is 6.06. The van der Waals surface area contributed by atoms with E-state index in [2.05, 4.69) is 9.89 Å². The molecule has 4 rings (SSSR count). The van der Waals surface area contributed by atoms with Gasteiger partial charge < -0.3 is 18.4 Å². The fraction of sp³-hybridized carbons (Fsp3) is 0.0588. The average Bonchev–Trinajstić information content (AvgIpc) is 3.32. The Kier molecular flexibility index (Phi) is 3.73. The van der Waals surface area contributed by atoms with E-state index in [1.807, 2.05) is 24.3 Å². The Morgan fingerprint density at radius 1 is 1.20 bits per heavy atom. The summed E-state index contributed by atoms with van der Waals surface area (Å²) in [6.07, 6.45) is 0. The van der Waals surface area contributed by atoms with Crippen molar-refractivity contribution in [3.63, 3.8) is 0 Å². The number of fused-ring (bicyclic) bond motifs is 1. The molecule has 0 spiro atoms. The van der Waals surface area contributed by atoms with Crippen molar-refractivity contribution < 1.29 is 27.6 Å². The summed E-state index contributed by atoms with van der Waals surface area (Å²) in [5.41, 5.74) is 1.30. The molecule has 0 unspecified atom stereocenters. The number of thiophene rings is 1. The first kappa shape index (κ1) is 15.4. The van der Waals surface area contributed by atoms with E-state index in [1.54, 1.807) is 0 Å². The number of ether oxygens (including phenoxy) is 2. The highest BCUT2D eigenvalue weighted by molar-refractivity contribution is 7.20. The number of methoxy groups -OCH3 is 1. The molecule has 0 bridgehead atoms. The maximum atomic E-state index is 12.9. The Hall–Kier alpha value is -3.13. The topological polar surface area (TPSA) is 74.7 Å². The van der Waals surface area contributed by atoms with E-state index in [4.69, 9.17) is 13.7 Å². The largest absolute Gasteiger partial charge is 0.463 e. The van der Waals surface area contributed by atoms with Gasteiger partial charge in [-0.1, -0.05) is 28.6 Å². The summed E-state index contributed by atoms with van der Waals surface area (Å²) >= 11 is 1.37. The van der Waals surface area contributed by atoms with Gasteiger partial charge in [0.2, 0.25) is 5.76 Å². The molecule has 0 saturated carbocycles. The third kappa shape index (κ3) is 2.99. The molecule has 0 aliphatic rings. The Morgan fingerprint density at radius 3 is 2.84 bits per heavy atom. The molecule has 0 aliphatic heterocycles. The van der Waals surface area contributed by atoms with Crippen LogP contribution in [0.2, 0.25) is 0 Å². The number of carbonyl (C=O) groups is 1. The van der Waals surface area contributed by atoms with Gasteiger partial charge in [0.15, 0.2) is 5.06 Å². The van der Waals surface area contributed by atoms with Gasteiger partial charge in [0.1, 0.15) is 5.69 Å². The lowest BCUT2D eigenvalue weighted by molar-refractivity contribution is 0.0554. The zero-order chi connectivity index (χ0) is 17.4. The molecule has 0 saturated heterocycles. The van der Waals surface area contributed by atoms with Crippen molar-refractivity contribution in [1.82, 2.24) is 5.16 Å². The Labute approximate surface area is 144 Å². The van der Waals surface area contributed by atoms with Crippen molar-refractivity contribution in [2.75, 3.05) is 7.11 Å². The second-order valence-electron chi connectivity index (χ2n) is 5.05. The smallest absolute Gasteiger partial charge is 0.376 e. The monoisotopic (exact) mass is 359 g/mol. The van der Waals surface area contributed by atoms with Gasteiger partial charge in [-0.05, 0) is 11.5 Å². The molecule has 6 nitrogen and oxygen atoms in total. The first-order valence-corrected chi connectivity index (χ1v) is 7.96. The molecule has 126 valence electrons. The van der Waals surface area contributed by atoms with Crippen LogP contribution in [0.4, 0.5) is 4.39 Å². The molecule has 0 radical (unpaired) electrons. The van der Waals surface area contributed by atoms with Gasteiger partial charge in [-0.25, -0.2) is 4.79 Å². The minimum atomic E-state index is -0.703. The van der Waals surface area contributed by atoms with Gasteiger partial charge in [0.05, 0.1) is 7.11 Å². The van der Waals surface area contributed by atoms with Crippen LogP contribution >= 0.6 is 11.3 Å². The van der Waals surface area contributed by atoms with E-state index >= 15 is 0 Å². The third-order valence-electron chi connectivity index (χ3n) is 3.44. The highest BCUT2D eigenvalue weighted by atomic mass is 32.1. The second-order valence-corrected chi connectivity index (χ2v) is 6.09. The Bertz CT molecular complexity index is 1060. The van der Waals surface area contributed by atoms with Crippen LogP contribution in [-0.2, 0) is 4.74 Å². The molecular formula is C17H10FNO5S. The average molecular weight is 359 g/mol. The van der Waals surface area contributed by atoms with E-state index < -0.39 is 12.0 Å². The van der Waals surface area contributed by atoms with Crippen LogP contribution in [0.15, 0.2) is 51.4 Å². The van der Waals surface area contributed by atoms with Gasteiger partial charge >= 0.3 is 5.97 Å². The predicted molar refractivity (Wildman–Crippen MR) is 87.4 cm³/mol. The fourth-order valence-electron chi connectivity index (χ4n) is 2.28. The lowest BCUT2D eigenvalue weighted by Crippen LogP contribution is -1.98. The molecule has 4 aromatic rings. The minimum absolute atomic E-state index is 0.0349. The van der Waals surface area contributed by atoms with Crippen LogP contribution < -0.4 is 4.74 Å². The Morgan fingerprint density at radius 2 is 2.08 bits per heavy atom. The van der Waals surface area contributed by atoms with Crippen molar-refractivity contribution in [2.45, 2.75) is 0 Å². The van der Waals surface area contributed by atoms with E-state index in [-0.39, 0.29) is 11.7 Å². The summed E-state index contributed by atoms with van der Waals surface area (Å²) < 4.78 is 33.6. The highest BCUT2D eigenvalue weighted by Gasteiger charge is 2.15. The van der Waals surface area contributed by atoms with Crippen molar-refractivity contribution in [2.24, 2.45) is 0 Å². The molecule has 8 heteroatoms. The van der Waals surface area contributed by atoms with E-state index in [9.17, 15) is 9.18 Å². The van der Waals surface area contributed by atoms with Gasteiger partial charge in [-0.2, -0.15) is 4.39 Å². The number of aromatic nitrogens is 1. The molecule has 25 heavy (non-hydrogen) atoms. The summed E-state index contributed by atoms with van der Waals surface area (Å²) in [4.78, 5) is 11.4. The number of nitrogens with zero attached hydrogens (tertiary/aromatic N) is 1. The molecule has 0 atom stereocenters. The molecule has 0 N–H and O–H groups in total. The van der Waals surface area contributed by atoms with E-state index in [1.165, 1.54) is 36.6 Å². The number of esters is 1. The molecule has 3 heterocycles. The summed E-state index contributed by atoms with van der Waals surface area (Å²) in [6.45, 7) is 0. The van der Waals surface area contributed by atoms with Crippen LogP contribution in [0.25, 0.3) is 21.3 Å². The maximum absolute atomic E-state index is 12.9. The lowest BCUT2D eigenvalue weighted by Gasteiger charge is -1.95. The number of benzene rings is 1. The molecule has 0 aliphatic carbocycles. The number of hydrogen-bond acceptors (Lipinski definition) is 7. The van der Waals surface area contributed by atoms with Gasteiger partial charge in [-0.15, -0.1) is 0 Å². The summed E-state index contributed by atoms with van der Waals surface area (Å²) in [7, 11) is 1.27. The first-order chi connectivity index (χ1) is 12.1. The lowest BCUT2D eigenvalue weighted by atomic mass is 10.1. The normalized spacial score (nSPS) is 11.0. The number of carbonyl (C=O) groups excluding carboxylic acids is 1. The number of hydrogen-bond donors (Lipinski definition) is 0. The quantitative estimate of drug-likeness (QED) is 0.484. The van der Waals surface area contributed by atoms with Gasteiger partial charge in [-0.3, -0.25) is 0 Å². The summed E-state index contributed by atoms with van der Waals surface area (Å²) in [5.74, 6) is -0.464. The van der Waals surface area contributed by atoms with Crippen molar-refractivity contribution in [3.8, 4) is 22.3 Å².